The SMILES string of the molecule is Nc1cc(Br)cc(Br)c1NC(=O)c1cc2ccccc2s1. The van der Waals surface area contributed by atoms with Crippen molar-refractivity contribution in [1.82, 2.24) is 0 Å². The van der Waals surface area contributed by atoms with E-state index in [1.54, 1.807) is 6.07 Å². The molecule has 3 rings (SSSR count). The lowest BCUT2D eigenvalue weighted by Crippen LogP contribution is -2.12. The van der Waals surface area contributed by atoms with Gasteiger partial charge in [-0.15, -0.1) is 11.3 Å². The number of nitrogens with two attached hydrogens (primary N) is 1. The highest BCUT2D eigenvalue weighted by molar-refractivity contribution is 9.11. The van der Waals surface area contributed by atoms with Crippen LogP contribution in [0.4, 0.5) is 11.4 Å². The Kier molecular flexibility index (Phi) is 4.01. The molecule has 0 fully saturated rings. The molecule has 0 aliphatic heterocycles. The Morgan fingerprint density at radius 1 is 1.14 bits per heavy atom. The molecule has 0 radical (unpaired) electrons. The highest BCUT2D eigenvalue weighted by atomic mass is 79.9. The molecule has 0 aliphatic rings. The summed E-state index contributed by atoms with van der Waals surface area (Å²) in [6, 6.07) is 13.4. The van der Waals surface area contributed by atoms with E-state index >= 15 is 0 Å². The van der Waals surface area contributed by atoms with Gasteiger partial charge in [0.2, 0.25) is 0 Å². The Morgan fingerprint density at radius 3 is 2.62 bits per heavy atom. The molecule has 106 valence electrons. The lowest BCUT2D eigenvalue weighted by molar-refractivity contribution is 0.103. The molecule has 1 amide bonds. The molecule has 3 nitrogen and oxygen atoms in total. The summed E-state index contributed by atoms with van der Waals surface area (Å²) in [5.41, 5.74) is 7.04. The van der Waals surface area contributed by atoms with E-state index in [9.17, 15) is 4.79 Å². The van der Waals surface area contributed by atoms with E-state index in [4.69, 9.17) is 5.73 Å². The molecule has 21 heavy (non-hydrogen) atoms. The van der Waals surface area contributed by atoms with Gasteiger partial charge in [-0.05, 0) is 45.6 Å². The molecule has 0 spiro atoms. The van der Waals surface area contributed by atoms with Crippen molar-refractivity contribution >= 4 is 70.6 Å². The van der Waals surface area contributed by atoms with E-state index in [1.807, 2.05) is 36.4 Å². The number of fused-ring (bicyclic) bond motifs is 1. The smallest absolute Gasteiger partial charge is 0.265 e. The van der Waals surface area contributed by atoms with Crippen LogP contribution >= 0.6 is 43.2 Å². The molecule has 2 aromatic carbocycles. The van der Waals surface area contributed by atoms with Gasteiger partial charge in [0.1, 0.15) is 0 Å². The minimum absolute atomic E-state index is 0.161. The Morgan fingerprint density at radius 2 is 1.90 bits per heavy atom. The topological polar surface area (TPSA) is 55.1 Å². The molecule has 6 heteroatoms. The Hall–Kier alpha value is -1.37. The van der Waals surface area contributed by atoms with Crippen molar-refractivity contribution in [3.05, 3.63) is 56.3 Å². The summed E-state index contributed by atoms with van der Waals surface area (Å²) in [6.45, 7) is 0. The van der Waals surface area contributed by atoms with Gasteiger partial charge in [0, 0.05) is 13.6 Å². The van der Waals surface area contributed by atoms with Gasteiger partial charge >= 0.3 is 0 Å². The van der Waals surface area contributed by atoms with E-state index in [0.717, 1.165) is 19.0 Å². The van der Waals surface area contributed by atoms with Gasteiger partial charge in [-0.1, -0.05) is 34.1 Å². The molecular weight excluding hydrogens is 416 g/mol. The number of thiophene rings is 1. The maximum atomic E-state index is 12.4. The molecule has 0 aliphatic carbocycles. The van der Waals surface area contributed by atoms with Crippen molar-refractivity contribution in [2.75, 3.05) is 11.1 Å². The fourth-order valence-corrected chi connectivity index (χ4v) is 4.31. The number of rotatable bonds is 2. The molecule has 0 saturated heterocycles. The average molecular weight is 426 g/mol. The monoisotopic (exact) mass is 424 g/mol. The van der Waals surface area contributed by atoms with E-state index in [-0.39, 0.29) is 5.91 Å². The average Bonchev–Trinajstić information content (AvgIpc) is 2.86. The van der Waals surface area contributed by atoms with Crippen LogP contribution in [0, 0.1) is 0 Å². The number of halogens is 2. The summed E-state index contributed by atoms with van der Waals surface area (Å²) in [4.78, 5) is 13.0. The van der Waals surface area contributed by atoms with Crippen molar-refractivity contribution in [2.24, 2.45) is 0 Å². The number of anilines is 2. The molecular formula is C15H10Br2N2OS. The van der Waals surface area contributed by atoms with Gasteiger partial charge in [0.15, 0.2) is 0 Å². The zero-order chi connectivity index (χ0) is 15.0. The lowest BCUT2D eigenvalue weighted by Gasteiger charge is -2.10. The number of amides is 1. The summed E-state index contributed by atoms with van der Waals surface area (Å²) in [7, 11) is 0. The Balaban J connectivity index is 1.93. The van der Waals surface area contributed by atoms with Crippen LogP contribution in [0.5, 0.6) is 0 Å². The van der Waals surface area contributed by atoms with Gasteiger partial charge in [-0.2, -0.15) is 0 Å². The Bertz CT molecular complexity index is 789. The van der Waals surface area contributed by atoms with E-state index in [1.165, 1.54) is 11.3 Å². The minimum Gasteiger partial charge on any atom is -0.397 e. The third kappa shape index (κ3) is 2.97. The molecule has 3 aromatic rings. The van der Waals surface area contributed by atoms with E-state index in [0.29, 0.717) is 16.3 Å². The zero-order valence-corrected chi connectivity index (χ0v) is 14.7. The van der Waals surface area contributed by atoms with Gasteiger partial charge in [-0.25, -0.2) is 0 Å². The second kappa shape index (κ2) is 5.79. The van der Waals surface area contributed by atoms with Crippen molar-refractivity contribution in [3.63, 3.8) is 0 Å². The van der Waals surface area contributed by atoms with E-state index < -0.39 is 0 Å². The van der Waals surface area contributed by atoms with Crippen molar-refractivity contribution in [2.45, 2.75) is 0 Å². The van der Waals surface area contributed by atoms with Crippen LogP contribution in [0.25, 0.3) is 10.1 Å². The van der Waals surface area contributed by atoms with Gasteiger partial charge in [0.05, 0.1) is 16.3 Å². The van der Waals surface area contributed by atoms with Crippen LogP contribution in [0.2, 0.25) is 0 Å². The highest BCUT2D eigenvalue weighted by Gasteiger charge is 2.14. The molecule has 3 N–H and O–H groups in total. The van der Waals surface area contributed by atoms with Gasteiger partial charge in [0.25, 0.3) is 5.91 Å². The van der Waals surface area contributed by atoms with Crippen molar-refractivity contribution in [3.8, 4) is 0 Å². The normalized spacial score (nSPS) is 10.8. The van der Waals surface area contributed by atoms with Crippen molar-refractivity contribution in [1.29, 1.82) is 0 Å². The first-order valence-corrected chi connectivity index (χ1v) is 8.49. The first-order valence-electron chi connectivity index (χ1n) is 6.09. The number of hydrogen-bond acceptors (Lipinski definition) is 3. The largest absolute Gasteiger partial charge is 0.397 e. The predicted molar refractivity (Wildman–Crippen MR) is 96.0 cm³/mol. The van der Waals surface area contributed by atoms with Crippen LogP contribution in [-0.2, 0) is 0 Å². The summed E-state index contributed by atoms with van der Waals surface area (Å²) < 4.78 is 2.68. The first kappa shape index (κ1) is 14.6. The number of benzene rings is 2. The maximum absolute atomic E-state index is 12.4. The van der Waals surface area contributed by atoms with Crippen LogP contribution in [0.3, 0.4) is 0 Å². The number of nitrogens with one attached hydrogen (secondary N) is 1. The van der Waals surface area contributed by atoms with Crippen LogP contribution < -0.4 is 11.1 Å². The maximum Gasteiger partial charge on any atom is 0.265 e. The molecule has 0 saturated carbocycles. The molecule has 0 atom stereocenters. The predicted octanol–water partition coefficient (Wildman–Crippen LogP) is 5.26. The Labute approximate surface area is 142 Å². The van der Waals surface area contributed by atoms with Gasteiger partial charge in [-0.3, -0.25) is 4.79 Å². The first-order chi connectivity index (χ1) is 10.0. The standard InChI is InChI=1S/C15H10Br2N2OS/c16-9-6-10(17)14(11(18)7-9)19-15(20)13-5-8-3-1-2-4-12(8)21-13/h1-7H,18H2,(H,19,20). The summed E-state index contributed by atoms with van der Waals surface area (Å²) in [6.07, 6.45) is 0. The number of nitrogen functional groups attached to an aromatic ring is 1. The number of carbonyl (C=O) groups excluding carboxylic acids is 1. The quantitative estimate of drug-likeness (QED) is 0.550. The summed E-state index contributed by atoms with van der Waals surface area (Å²) in [5.74, 6) is -0.161. The third-order valence-corrected chi connectivity index (χ3v) is 5.17. The number of hydrogen-bond donors (Lipinski definition) is 2. The third-order valence-electron chi connectivity index (χ3n) is 2.97. The van der Waals surface area contributed by atoms with Crippen LogP contribution in [-0.4, -0.2) is 5.91 Å². The molecule has 1 aromatic heterocycles. The molecule has 0 unspecified atom stereocenters. The highest BCUT2D eigenvalue weighted by Crippen LogP contribution is 2.33. The fraction of sp³-hybridized carbons (Fsp3) is 0. The van der Waals surface area contributed by atoms with Crippen LogP contribution in [0.15, 0.2) is 51.4 Å². The number of carbonyl (C=O) groups is 1. The zero-order valence-electron chi connectivity index (χ0n) is 10.7. The van der Waals surface area contributed by atoms with Crippen LogP contribution in [0.1, 0.15) is 9.67 Å². The minimum atomic E-state index is -0.161. The summed E-state index contributed by atoms with van der Waals surface area (Å²) >= 11 is 8.24. The second-order valence-corrected chi connectivity index (χ2v) is 7.31. The fourth-order valence-electron chi connectivity index (χ4n) is 1.99. The van der Waals surface area contributed by atoms with Gasteiger partial charge < -0.3 is 11.1 Å². The lowest BCUT2D eigenvalue weighted by atomic mass is 10.2. The van der Waals surface area contributed by atoms with Crippen molar-refractivity contribution < 1.29 is 4.79 Å². The summed E-state index contributed by atoms with van der Waals surface area (Å²) in [5, 5.41) is 3.93. The second-order valence-electron chi connectivity index (χ2n) is 4.45. The van der Waals surface area contributed by atoms with E-state index in [2.05, 4.69) is 37.2 Å². The molecule has 1 heterocycles. The molecule has 0 bridgehead atoms.